The zero-order valence-electron chi connectivity index (χ0n) is 14.8. The van der Waals surface area contributed by atoms with E-state index in [-0.39, 0.29) is 11.7 Å². The highest BCUT2D eigenvalue weighted by Gasteiger charge is 2.14. The topological polar surface area (TPSA) is 84.0 Å². The molecule has 0 saturated heterocycles. The summed E-state index contributed by atoms with van der Waals surface area (Å²) in [4.78, 5) is 28.8. The van der Waals surface area contributed by atoms with Gasteiger partial charge in [-0.1, -0.05) is 45.7 Å². The number of carbonyl (C=O) groups is 2. The number of Topliss-reactive ketones (excluding diaryl/α,β-unsaturated/α-hetero) is 1. The van der Waals surface area contributed by atoms with Crippen molar-refractivity contribution >= 4 is 34.2 Å². The fourth-order valence-corrected chi connectivity index (χ4v) is 2.98. The molecule has 0 saturated carbocycles. The van der Waals surface area contributed by atoms with E-state index >= 15 is 0 Å². The van der Waals surface area contributed by atoms with E-state index in [0.29, 0.717) is 28.6 Å². The second-order valence-electron chi connectivity index (χ2n) is 6.12. The molecule has 1 aromatic heterocycles. The maximum absolute atomic E-state index is 12.4. The number of urea groups is 1. The molecular formula is C18H24N4O2S. The van der Waals surface area contributed by atoms with Crippen molar-refractivity contribution in [2.24, 2.45) is 0 Å². The van der Waals surface area contributed by atoms with Crippen LogP contribution in [0.15, 0.2) is 24.3 Å². The third-order valence-electron chi connectivity index (χ3n) is 3.66. The molecule has 2 aromatic rings. The summed E-state index contributed by atoms with van der Waals surface area (Å²) in [5.41, 5.74) is 1.05. The summed E-state index contributed by atoms with van der Waals surface area (Å²) in [7, 11) is 0. The number of benzene rings is 1. The lowest BCUT2D eigenvalue weighted by Gasteiger charge is -2.10. The number of aromatic nitrogens is 2. The fourth-order valence-electron chi connectivity index (χ4n) is 2.28. The molecule has 6 nitrogen and oxygen atoms in total. The number of hydrogen-bond donors (Lipinski definition) is 2. The lowest BCUT2D eigenvalue weighted by atomic mass is 10.0. The number of nitrogens with one attached hydrogen (secondary N) is 2. The van der Waals surface area contributed by atoms with Crippen LogP contribution in [-0.2, 0) is 0 Å². The van der Waals surface area contributed by atoms with Crippen molar-refractivity contribution in [2.45, 2.75) is 52.4 Å². The zero-order valence-corrected chi connectivity index (χ0v) is 15.7. The Kier molecular flexibility index (Phi) is 7.06. The van der Waals surface area contributed by atoms with Crippen LogP contribution >= 0.6 is 11.5 Å². The normalized spacial score (nSPS) is 10.7. The van der Waals surface area contributed by atoms with Crippen molar-refractivity contribution < 1.29 is 9.59 Å². The van der Waals surface area contributed by atoms with Gasteiger partial charge < -0.3 is 5.32 Å². The third-order valence-corrected chi connectivity index (χ3v) is 4.31. The lowest BCUT2D eigenvalue weighted by molar-refractivity contribution is 0.0980. The maximum atomic E-state index is 12.4. The second-order valence-corrected chi connectivity index (χ2v) is 6.87. The van der Waals surface area contributed by atoms with Crippen LogP contribution in [0.25, 0.3) is 0 Å². The van der Waals surface area contributed by atoms with Gasteiger partial charge in [0.2, 0.25) is 5.13 Å². The highest BCUT2D eigenvalue weighted by atomic mass is 32.1. The Morgan fingerprint density at radius 1 is 1.16 bits per heavy atom. The minimum Gasteiger partial charge on any atom is -0.307 e. The van der Waals surface area contributed by atoms with Crippen molar-refractivity contribution in [2.75, 3.05) is 10.6 Å². The van der Waals surface area contributed by atoms with Crippen molar-refractivity contribution in [3.8, 4) is 0 Å². The number of rotatable bonds is 8. The predicted octanol–water partition coefficient (Wildman–Crippen LogP) is 5.07. The number of nitrogens with zero attached hydrogens (tertiary/aromatic N) is 2. The molecule has 2 N–H and O–H groups in total. The molecule has 7 heteroatoms. The Morgan fingerprint density at radius 2 is 1.92 bits per heavy atom. The smallest absolute Gasteiger partial charge is 0.307 e. The molecule has 2 rings (SSSR count). The van der Waals surface area contributed by atoms with Gasteiger partial charge >= 0.3 is 6.03 Å². The van der Waals surface area contributed by atoms with Crippen LogP contribution in [0.4, 0.5) is 15.6 Å². The number of amides is 2. The molecule has 0 fully saturated rings. The summed E-state index contributed by atoms with van der Waals surface area (Å²) in [6, 6.07) is 6.63. The molecule has 0 bridgehead atoms. The van der Waals surface area contributed by atoms with E-state index in [1.165, 1.54) is 0 Å². The van der Waals surface area contributed by atoms with E-state index in [2.05, 4.69) is 26.9 Å². The summed E-state index contributed by atoms with van der Waals surface area (Å²) in [5, 5.41) is 5.84. The molecule has 1 aromatic carbocycles. The summed E-state index contributed by atoms with van der Waals surface area (Å²) >= 11 is 1.14. The largest absolute Gasteiger partial charge is 0.325 e. The van der Waals surface area contributed by atoms with Gasteiger partial charge in [0.25, 0.3) is 0 Å². The molecular weight excluding hydrogens is 336 g/mol. The zero-order chi connectivity index (χ0) is 18.2. The number of para-hydroxylation sites is 1. The molecule has 0 aliphatic carbocycles. The number of carbonyl (C=O) groups excluding carboxylic acids is 2. The molecule has 0 aliphatic rings. The minimum absolute atomic E-state index is 0.0439. The molecule has 2 amide bonds. The second kappa shape index (κ2) is 9.27. The van der Waals surface area contributed by atoms with Crippen LogP contribution in [0.3, 0.4) is 0 Å². The molecule has 0 aliphatic heterocycles. The number of anilines is 2. The molecule has 1 heterocycles. The Balaban J connectivity index is 2.01. The van der Waals surface area contributed by atoms with E-state index in [9.17, 15) is 9.59 Å². The van der Waals surface area contributed by atoms with Gasteiger partial charge in [0, 0.05) is 29.4 Å². The highest BCUT2D eigenvalue weighted by Crippen LogP contribution is 2.20. The number of ketones is 1. The summed E-state index contributed by atoms with van der Waals surface area (Å²) in [6.07, 6.45) is 3.44. The molecule has 0 spiro atoms. The fraction of sp³-hybridized carbons (Fsp3) is 0.444. The van der Waals surface area contributed by atoms with Gasteiger partial charge in [-0.25, -0.2) is 9.78 Å². The van der Waals surface area contributed by atoms with E-state index in [0.717, 1.165) is 30.8 Å². The Morgan fingerprint density at radius 3 is 2.60 bits per heavy atom. The van der Waals surface area contributed by atoms with Gasteiger partial charge in [0.1, 0.15) is 5.82 Å². The van der Waals surface area contributed by atoms with Crippen LogP contribution in [0.1, 0.15) is 68.6 Å². The van der Waals surface area contributed by atoms with Crippen LogP contribution in [-0.4, -0.2) is 21.2 Å². The van der Waals surface area contributed by atoms with E-state index in [1.807, 2.05) is 13.8 Å². The first-order valence-corrected chi connectivity index (χ1v) is 9.32. The van der Waals surface area contributed by atoms with Crippen molar-refractivity contribution in [1.29, 1.82) is 0 Å². The van der Waals surface area contributed by atoms with E-state index in [4.69, 9.17) is 0 Å². The molecule has 0 atom stereocenters. The maximum Gasteiger partial charge on any atom is 0.325 e. The average Bonchev–Trinajstić information content (AvgIpc) is 3.04. The van der Waals surface area contributed by atoms with Crippen molar-refractivity contribution in [3.63, 3.8) is 0 Å². The van der Waals surface area contributed by atoms with Gasteiger partial charge in [0.05, 0.1) is 5.69 Å². The number of hydrogen-bond acceptors (Lipinski definition) is 5. The van der Waals surface area contributed by atoms with Crippen molar-refractivity contribution in [3.05, 3.63) is 35.7 Å². The summed E-state index contributed by atoms with van der Waals surface area (Å²) < 4.78 is 4.20. The molecule has 134 valence electrons. The number of unbranched alkanes of at least 4 members (excludes halogenated alkanes) is 2. The van der Waals surface area contributed by atoms with Gasteiger partial charge in [-0.3, -0.25) is 10.1 Å². The standard InChI is InChI=1S/C18H24N4O2S/c1-4-5-6-11-15(23)13-9-7-8-10-14(13)19-17(24)21-18-20-16(12(2)3)22-25-18/h7-10,12H,4-6,11H2,1-3H3,(H2,19,20,21,22,24). The third kappa shape index (κ3) is 5.63. The first-order chi connectivity index (χ1) is 12.0. The first kappa shape index (κ1) is 19.1. The molecule has 0 radical (unpaired) electrons. The molecule has 0 unspecified atom stereocenters. The van der Waals surface area contributed by atoms with Crippen LogP contribution < -0.4 is 10.6 Å². The van der Waals surface area contributed by atoms with Gasteiger partial charge in [-0.05, 0) is 18.6 Å². The van der Waals surface area contributed by atoms with Crippen LogP contribution in [0, 0.1) is 0 Å². The van der Waals surface area contributed by atoms with E-state index < -0.39 is 6.03 Å². The van der Waals surface area contributed by atoms with Crippen molar-refractivity contribution in [1.82, 2.24) is 9.36 Å². The first-order valence-electron chi connectivity index (χ1n) is 8.55. The summed E-state index contributed by atoms with van der Waals surface area (Å²) in [5.74, 6) is 0.950. The van der Waals surface area contributed by atoms with Crippen LogP contribution in [0.5, 0.6) is 0 Å². The predicted molar refractivity (Wildman–Crippen MR) is 102 cm³/mol. The van der Waals surface area contributed by atoms with E-state index in [1.54, 1.807) is 24.3 Å². The minimum atomic E-state index is -0.430. The van der Waals surface area contributed by atoms with Gasteiger partial charge in [-0.2, -0.15) is 4.37 Å². The van der Waals surface area contributed by atoms with Gasteiger partial charge in [-0.15, -0.1) is 0 Å². The monoisotopic (exact) mass is 360 g/mol. The Bertz CT molecular complexity index is 727. The highest BCUT2D eigenvalue weighted by molar-refractivity contribution is 7.09. The quantitative estimate of drug-likeness (QED) is 0.508. The SMILES string of the molecule is CCCCCC(=O)c1ccccc1NC(=O)Nc1nc(C(C)C)ns1. The Labute approximate surface area is 152 Å². The van der Waals surface area contributed by atoms with Crippen LogP contribution in [0.2, 0.25) is 0 Å². The van der Waals surface area contributed by atoms with Gasteiger partial charge in [0.15, 0.2) is 5.78 Å². The summed E-state index contributed by atoms with van der Waals surface area (Å²) in [6.45, 7) is 6.08. The molecule has 25 heavy (non-hydrogen) atoms. The Hall–Kier alpha value is -2.28. The lowest BCUT2D eigenvalue weighted by Crippen LogP contribution is -2.21. The average molecular weight is 360 g/mol.